The van der Waals surface area contributed by atoms with Crippen LogP contribution in [0, 0.1) is 11.7 Å². The van der Waals surface area contributed by atoms with E-state index in [0.717, 1.165) is 32.1 Å². The van der Waals surface area contributed by atoms with Gasteiger partial charge in [-0.2, -0.15) is 0 Å². The Morgan fingerprint density at radius 1 is 1.61 bits per heavy atom. The van der Waals surface area contributed by atoms with Crippen molar-refractivity contribution in [2.45, 2.75) is 19.8 Å². The quantitative estimate of drug-likeness (QED) is 0.875. The number of amides is 1. The molecular weight excluding hydrogens is 233 g/mol. The molecule has 2 heterocycles. The van der Waals surface area contributed by atoms with E-state index < -0.39 is 5.82 Å². The second kappa shape index (κ2) is 5.33. The number of carbonyl (C=O) groups is 1. The first-order chi connectivity index (χ1) is 8.61. The number of hydrogen-bond donors (Lipinski definition) is 1. The minimum absolute atomic E-state index is 0.141. The average molecular weight is 251 g/mol. The van der Waals surface area contributed by atoms with E-state index in [2.05, 4.69) is 17.2 Å². The number of likely N-dealkylation sites (tertiary alicyclic amines) is 1. The van der Waals surface area contributed by atoms with Gasteiger partial charge in [0.15, 0.2) is 0 Å². The lowest BCUT2D eigenvalue weighted by Crippen LogP contribution is -2.39. The molecular formula is C13H18FN3O. The predicted octanol–water partition coefficient (Wildman–Crippen LogP) is 2.13. The molecule has 0 saturated carbocycles. The van der Waals surface area contributed by atoms with Crippen LogP contribution in [-0.4, -0.2) is 35.9 Å². The molecule has 2 rings (SSSR count). The lowest BCUT2D eigenvalue weighted by molar-refractivity contribution is 0.0683. The molecule has 0 aliphatic carbocycles. The van der Waals surface area contributed by atoms with E-state index in [0.29, 0.717) is 17.3 Å². The first-order valence-corrected chi connectivity index (χ1v) is 6.24. The highest BCUT2D eigenvalue weighted by molar-refractivity contribution is 5.98. The molecule has 1 fully saturated rings. The molecule has 1 aliphatic rings. The monoisotopic (exact) mass is 251 g/mol. The minimum atomic E-state index is -0.484. The minimum Gasteiger partial charge on any atom is -0.372 e. The predicted molar refractivity (Wildman–Crippen MR) is 68.0 cm³/mol. The maximum Gasteiger partial charge on any atom is 0.257 e. The van der Waals surface area contributed by atoms with Crippen molar-refractivity contribution in [1.82, 2.24) is 9.88 Å². The normalized spacial score (nSPS) is 19.7. The molecule has 1 aromatic heterocycles. The number of piperidine rings is 1. The highest BCUT2D eigenvalue weighted by atomic mass is 19.1. The number of nitrogens with one attached hydrogen (secondary N) is 1. The van der Waals surface area contributed by atoms with Gasteiger partial charge < -0.3 is 10.2 Å². The molecule has 1 amide bonds. The van der Waals surface area contributed by atoms with E-state index in [4.69, 9.17) is 0 Å². The van der Waals surface area contributed by atoms with Gasteiger partial charge in [0.25, 0.3) is 5.91 Å². The van der Waals surface area contributed by atoms with E-state index in [1.54, 1.807) is 11.9 Å². The van der Waals surface area contributed by atoms with Crippen molar-refractivity contribution in [1.29, 1.82) is 0 Å². The first-order valence-electron chi connectivity index (χ1n) is 6.24. The van der Waals surface area contributed by atoms with E-state index in [1.807, 2.05) is 0 Å². The molecule has 1 unspecified atom stereocenters. The summed E-state index contributed by atoms with van der Waals surface area (Å²) in [5.41, 5.74) is 0.312. The number of anilines is 1. The molecule has 1 atom stereocenters. The van der Waals surface area contributed by atoms with E-state index in [-0.39, 0.29) is 5.91 Å². The van der Waals surface area contributed by atoms with Crippen molar-refractivity contribution in [2.75, 3.05) is 25.5 Å². The summed E-state index contributed by atoms with van der Waals surface area (Å²) in [6, 6.07) is 1.25. The maximum absolute atomic E-state index is 13.2. The first kappa shape index (κ1) is 12.8. The largest absolute Gasteiger partial charge is 0.372 e. The van der Waals surface area contributed by atoms with Crippen LogP contribution in [0.25, 0.3) is 0 Å². The Labute approximate surface area is 106 Å². The van der Waals surface area contributed by atoms with Gasteiger partial charge in [0.05, 0.1) is 11.8 Å². The summed E-state index contributed by atoms with van der Waals surface area (Å²) in [6.45, 7) is 3.60. The van der Waals surface area contributed by atoms with Gasteiger partial charge in [-0.1, -0.05) is 6.92 Å². The van der Waals surface area contributed by atoms with Crippen molar-refractivity contribution in [3.05, 3.63) is 23.6 Å². The van der Waals surface area contributed by atoms with Gasteiger partial charge in [-0.15, -0.1) is 0 Å². The lowest BCUT2D eigenvalue weighted by Gasteiger charge is -2.31. The summed E-state index contributed by atoms with van der Waals surface area (Å²) in [4.78, 5) is 18.0. The van der Waals surface area contributed by atoms with Gasteiger partial charge in [-0.25, -0.2) is 9.37 Å². The molecule has 4 nitrogen and oxygen atoms in total. The standard InChI is InChI=1S/C13H18FN3O/c1-9-4-3-5-17(8-9)13(18)11-6-10(14)7-16-12(11)15-2/h6-7,9H,3-5,8H2,1-2H3,(H,15,16). The van der Waals surface area contributed by atoms with Crippen LogP contribution in [0.15, 0.2) is 12.3 Å². The fraction of sp³-hybridized carbons (Fsp3) is 0.538. The summed E-state index contributed by atoms with van der Waals surface area (Å²) in [5, 5.41) is 2.83. The number of nitrogens with zero attached hydrogens (tertiary/aromatic N) is 2. The fourth-order valence-electron chi connectivity index (χ4n) is 2.35. The molecule has 0 spiro atoms. The SMILES string of the molecule is CNc1ncc(F)cc1C(=O)N1CCCC(C)C1. The molecule has 1 aromatic rings. The molecule has 0 radical (unpaired) electrons. The third kappa shape index (κ3) is 2.60. The number of pyridine rings is 1. The number of carbonyl (C=O) groups excluding carboxylic acids is 1. The molecule has 98 valence electrons. The number of hydrogen-bond acceptors (Lipinski definition) is 3. The Bertz CT molecular complexity index is 450. The Kier molecular flexibility index (Phi) is 3.79. The molecule has 0 bridgehead atoms. The zero-order chi connectivity index (χ0) is 13.1. The van der Waals surface area contributed by atoms with E-state index >= 15 is 0 Å². The van der Waals surface area contributed by atoms with Crippen LogP contribution in [0.3, 0.4) is 0 Å². The number of rotatable bonds is 2. The summed E-state index contributed by atoms with van der Waals surface area (Å²) < 4.78 is 13.2. The summed E-state index contributed by atoms with van der Waals surface area (Å²) in [5.74, 6) is 0.308. The average Bonchev–Trinajstić information content (AvgIpc) is 2.38. The summed E-state index contributed by atoms with van der Waals surface area (Å²) >= 11 is 0. The smallest absolute Gasteiger partial charge is 0.257 e. The molecule has 18 heavy (non-hydrogen) atoms. The van der Waals surface area contributed by atoms with Crippen LogP contribution >= 0.6 is 0 Å². The topological polar surface area (TPSA) is 45.2 Å². The van der Waals surface area contributed by atoms with Gasteiger partial charge >= 0.3 is 0 Å². The fourth-order valence-corrected chi connectivity index (χ4v) is 2.35. The zero-order valence-electron chi connectivity index (χ0n) is 10.7. The molecule has 0 aromatic carbocycles. The third-order valence-electron chi connectivity index (χ3n) is 3.27. The van der Waals surface area contributed by atoms with Crippen LogP contribution in [0.1, 0.15) is 30.1 Å². The van der Waals surface area contributed by atoms with Crippen LogP contribution < -0.4 is 5.32 Å². The van der Waals surface area contributed by atoms with E-state index in [1.165, 1.54) is 6.07 Å². The molecule has 1 N–H and O–H groups in total. The Morgan fingerprint density at radius 2 is 2.39 bits per heavy atom. The highest BCUT2D eigenvalue weighted by Gasteiger charge is 2.24. The van der Waals surface area contributed by atoms with Crippen LogP contribution in [0.4, 0.5) is 10.2 Å². The Balaban J connectivity index is 2.24. The van der Waals surface area contributed by atoms with Gasteiger partial charge in [0, 0.05) is 20.1 Å². The molecule has 5 heteroatoms. The van der Waals surface area contributed by atoms with Crippen molar-refractivity contribution < 1.29 is 9.18 Å². The Hall–Kier alpha value is -1.65. The zero-order valence-corrected chi connectivity index (χ0v) is 10.7. The van der Waals surface area contributed by atoms with Crippen molar-refractivity contribution >= 4 is 11.7 Å². The second-order valence-electron chi connectivity index (χ2n) is 4.80. The van der Waals surface area contributed by atoms with E-state index in [9.17, 15) is 9.18 Å². The van der Waals surface area contributed by atoms with Crippen LogP contribution in [-0.2, 0) is 0 Å². The van der Waals surface area contributed by atoms with Crippen LogP contribution in [0.2, 0.25) is 0 Å². The third-order valence-corrected chi connectivity index (χ3v) is 3.27. The Morgan fingerprint density at radius 3 is 3.06 bits per heavy atom. The van der Waals surface area contributed by atoms with Gasteiger partial charge in [0.1, 0.15) is 11.6 Å². The maximum atomic E-state index is 13.2. The molecule has 1 aliphatic heterocycles. The number of aromatic nitrogens is 1. The second-order valence-corrected chi connectivity index (χ2v) is 4.80. The van der Waals surface area contributed by atoms with Crippen molar-refractivity contribution in [3.8, 4) is 0 Å². The highest BCUT2D eigenvalue weighted by Crippen LogP contribution is 2.21. The molecule has 1 saturated heterocycles. The van der Waals surface area contributed by atoms with Gasteiger partial charge in [0.2, 0.25) is 0 Å². The van der Waals surface area contributed by atoms with Crippen molar-refractivity contribution in [2.24, 2.45) is 5.92 Å². The number of halogens is 1. The van der Waals surface area contributed by atoms with Crippen molar-refractivity contribution in [3.63, 3.8) is 0 Å². The van der Waals surface area contributed by atoms with Crippen LogP contribution in [0.5, 0.6) is 0 Å². The summed E-state index contributed by atoms with van der Waals surface area (Å²) in [7, 11) is 1.68. The lowest BCUT2D eigenvalue weighted by atomic mass is 9.99. The van der Waals surface area contributed by atoms with Gasteiger partial charge in [-0.05, 0) is 24.8 Å². The summed E-state index contributed by atoms with van der Waals surface area (Å²) in [6.07, 6.45) is 3.26. The van der Waals surface area contributed by atoms with Gasteiger partial charge in [-0.3, -0.25) is 4.79 Å².